The molecule has 3 rings (SSSR count). The number of imide groups is 1. The highest BCUT2D eigenvalue weighted by Gasteiger charge is 2.36. The molecule has 1 aliphatic rings. The Hall–Kier alpha value is -2.14. The molecule has 20 heavy (non-hydrogen) atoms. The Morgan fingerprint density at radius 2 is 1.70 bits per heavy atom. The number of halogens is 1. The Morgan fingerprint density at radius 1 is 1.00 bits per heavy atom. The molecule has 0 saturated heterocycles. The van der Waals surface area contributed by atoms with Crippen LogP contribution in [0.3, 0.4) is 0 Å². The van der Waals surface area contributed by atoms with E-state index < -0.39 is 0 Å². The third-order valence-electron chi connectivity index (χ3n) is 3.37. The lowest BCUT2D eigenvalue weighted by molar-refractivity contribution is 0.0926. The van der Waals surface area contributed by atoms with E-state index in [0.717, 1.165) is 14.9 Å². The van der Waals surface area contributed by atoms with Gasteiger partial charge < -0.3 is 5.73 Å². The predicted molar refractivity (Wildman–Crippen MR) is 80.9 cm³/mol. The van der Waals surface area contributed by atoms with E-state index in [0.29, 0.717) is 22.5 Å². The largest absolute Gasteiger partial charge is 0.398 e. The molecule has 0 spiro atoms. The van der Waals surface area contributed by atoms with Crippen molar-refractivity contribution in [3.8, 4) is 0 Å². The summed E-state index contributed by atoms with van der Waals surface area (Å²) in [5.41, 5.74) is 8.63. The summed E-state index contributed by atoms with van der Waals surface area (Å²) in [7, 11) is 0. The highest BCUT2D eigenvalue weighted by Crippen LogP contribution is 2.31. The van der Waals surface area contributed by atoms with E-state index >= 15 is 0 Å². The van der Waals surface area contributed by atoms with Crippen LogP contribution in [0.4, 0.5) is 11.4 Å². The molecule has 0 atom stereocenters. The van der Waals surface area contributed by atoms with Crippen molar-refractivity contribution in [2.45, 2.75) is 6.92 Å². The van der Waals surface area contributed by atoms with Crippen molar-refractivity contribution in [2.24, 2.45) is 0 Å². The number of amides is 2. The summed E-state index contributed by atoms with van der Waals surface area (Å²) in [5, 5.41) is 0. The van der Waals surface area contributed by atoms with Gasteiger partial charge in [-0.1, -0.05) is 22.0 Å². The fourth-order valence-electron chi connectivity index (χ4n) is 2.21. The highest BCUT2D eigenvalue weighted by atomic mass is 79.9. The highest BCUT2D eigenvalue weighted by molar-refractivity contribution is 9.10. The van der Waals surface area contributed by atoms with Crippen LogP contribution >= 0.6 is 15.9 Å². The van der Waals surface area contributed by atoms with Crippen LogP contribution < -0.4 is 10.6 Å². The average molecular weight is 331 g/mol. The van der Waals surface area contributed by atoms with Crippen molar-refractivity contribution in [1.82, 2.24) is 0 Å². The fraction of sp³-hybridized carbons (Fsp3) is 0.0667. The van der Waals surface area contributed by atoms with Gasteiger partial charge in [0.05, 0.1) is 16.8 Å². The Morgan fingerprint density at radius 3 is 2.40 bits per heavy atom. The van der Waals surface area contributed by atoms with Gasteiger partial charge in [-0.15, -0.1) is 0 Å². The molecule has 2 amide bonds. The van der Waals surface area contributed by atoms with Gasteiger partial charge in [-0.2, -0.15) is 0 Å². The van der Waals surface area contributed by atoms with Gasteiger partial charge in [-0.25, -0.2) is 4.90 Å². The number of nitrogen functional groups attached to an aromatic ring is 1. The number of rotatable bonds is 1. The molecule has 0 saturated carbocycles. The van der Waals surface area contributed by atoms with Gasteiger partial charge in [-0.3, -0.25) is 9.59 Å². The average Bonchev–Trinajstić information content (AvgIpc) is 2.65. The number of benzene rings is 2. The van der Waals surface area contributed by atoms with Crippen LogP contribution in [0.5, 0.6) is 0 Å². The summed E-state index contributed by atoms with van der Waals surface area (Å²) in [4.78, 5) is 25.9. The van der Waals surface area contributed by atoms with Gasteiger partial charge in [0.2, 0.25) is 0 Å². The van der Waals surface area contributed by atoms with Crippen LogP contribution in [0.15, 0.2) is 40.9 Å². The molecule has 1 aliphatic heterocycles. The molecule has 100 valence electrons. The molecule has 2 aromatic carbocycles. The van der Waals surface area contributed by atoms with Gasteiger partial charge in [0.1, 0.15) is 0 Å². The summed E-state index contributed by atoms with van der Waals surface area (Å²) < 4.78 is 0.766. The molecule has 4 nitrogen and oxygen atoms in total. The molecular formula is C15H11BrN2O2. The first-order chi connectivity index (χ1) is 9.49. The van der Waals surface area contributed by atoms with Crippen LogP contribution in [-0.4, -0.2) is 11.8 Å². The van der Waals surface area contributed by atoms with Crippen LogP contribution in [0.25, 0.3) is 0 Å². The SMILES string of the molecule is Cc1ccc(N2C(=O)c3ccc(Br)cc3C2=O)cc1N. The van der Waals surface area contributed by atoms with Crippen molar-refractivity contribution in [3.63, 3.8) is 0 Å². The van der Waals surface area contributed by atoms with E-state index in [9.17, 15) is 9.59 Å². The molecule has 0 aliphatic carbocycles. The van der Waals surface area contributed by atoms with Gasteiger partial charge in [0.25, 0.3) is 11.8 Å². The normalized spacial score (nSPS) is 13.8. The van der Waals surface area contributed by atoms with Crippen LogP contribution in [0, 0.1) is 6.92 Å². The molecule has 0 aromatic heterocycles. The molecule has 2 aromatic rings. The maximum absolute atomic E-state index is 12.4. The third kappa shape index (κ3) is 1.82. The zero-order valence-corrected chi connectivity index (χ0v) is 12.3. The number of fused-ring (bicyclic) bond motifs is 1. The molecule has 0 unspecified atom stereocenters. The van der Waals surface area contributed by atoms with E-state index in [1.165, 1.54) is 0 Å². The van der Waals surface area contributed by atoms with Crippen molar-refractivity contribution < 1.29 is 9.59 Å². The molecule has 2 N–H and O–H groups in total. The quantitative estimate of drug-likeness (QED) is 0.645. The topological polar surface area (TPSA) is 63.4 Å². The summed E-state index contributed by atoms with van der Waals surface area (Å²) in [6, 6.07) is 10.2. The number of anilines is 2. The van der Waals surface area contributed by atoms with Crippen molar-refractivity contribution in [1.29, 1.82) is 0 Å². The number of hydrogen-bond donors (Lipinski definition) is 1. The molecule has 0 fully saturated rings. The zero-order valence-electron chi connectivity index (χ0n) is 10.7. The lowest BCUT2D eigenvalue weighted by Crippen LogP contribution is -2.29. The monoisotopic (exact) mass is 330 g/mol. The standard InChI is InChI=1S/C15H11BrN2O2/c1-8-2-4-10(7-13(8)17)18-14(19)11-5-3-9(16)6-12(11)15(18)20/h2-7H,17H2,1H3. The minimum absolute atomic E-state index is 0.319. The van der Waals surface area contributed by atoms with E-state index in [1.54, 1.807) is 36.4 Å². The van der Waals surface area contributed by atoms with Crippen LogP contribution in [0.1, 0.15) is 26.3 Å². The van der Waals surface area contributed by atoms with Crippen molar-refractivity contribution in [2.75, 3.05) is 10.6 Å². The van der Waals surface area contributed by atoms with Gasteiger partial charge in [0.15, 0.2) is 0 Å². The maximum atomic E-state index is 12.4. The first kappa shape index (κ1) is 12.9. The summed E-state index contributed by atoms with van der Waals surface area (Å²) in [6.45, 7) is 1.87. The first-order valence-electron chi connectivity index (χ1n) is 6.03. The third-order valence-corrected chi connectivity index (χ3v) is 3.86. The second-order valence-electron chi connectivity index (χ2n) is 4.68. The molecule has 5 heteroatoms. The second kappa shape index (κ2) is 4.45. The van der Waals surface area contributed by atoms with Gasteiger partial charge in [0, 0.05) is 10.2 Å². The number of nitrogens with zero attached hydrogens (tertiary/aromatic N) is 1. The Bertz CT molecular complexity index is 756. The fourth-order valence-corrected chi connectivity index (χ4v) is 2.58. The van der Waals surface area contributed by atoms with Crippen molar-refractivity contribution in [3.05, 3.63) is 57.6 Å². The summed E-state index contributed by atoms with van der Waals surface area (Å²) in [5.74, 6) is -0.643. The number of hydrogen-bond acceptors (Lipinski definition) is 3. The van der Waals surface area contributed by atoms with E-state index in [-0.39, 0.29) is 11.8 Å². The lowest BCUT2D eigenvalue weighted by Gasteiger charge is -2.15. The van der Waals surface area contributed by atoms with Crippen LogP contribution in [0.2, 0.25) is 0 Å². The van der Waals surface area contributed by atoms with Gasteiger partial charge in [-0.05, 0) is 42.8 Å². The van der Waals surface area contributed by atoms with Gasteiger partial charge >= 0.3 is 0 Å². The van der Waals surface area contributed by atoms with Crippen LogP contribution in [-0.2, 0) is 0 Å². The Balaban J connectivity index is 2.11. The van der Waals surface area contributed by atoms with E-state index in [1.807, 2.05) is 6.92 Å². The molecule has 1 heterocycles. The number of aryl methyl sites for hydroxylation is 1. The maximum Gasteiger partial charge on any atom is 0.266 e. The smallest absolute Gasteiger partial charge is 0.266 e. The van der Waals surface area contributed by atoms with Crippen molar-refractivity contribution >= 4 is 39.1 Å². The Kier molecular flexibility index (Phi) is 2.87. The second-order valence-corrected chi connectivity index (χ2v) is 5.59. The zero-order chi connectivity index (χ0) is 14.4. The summed E-state index contributed by atoms with van der Waals surface area (Å²) >= 11 is 3.31. The number of nitrogens with two attached hydrogens (primary N) is 1. The van der Waals surface area contributed by atoms with E-state index in [2.05, 4.69) is 15.9 Å². The molecule has 0 radical (unpaired) electrons. The van der Waals surface area contributed by atoms with E-state index in [4.69, 9.17) is 5.73 Å². The number of carbonyl (C=O) groups is 2. The minimum atomic E-state index is -0.324. The lowest BCUT2D eigenvalue weighted by atomic mass is 10.1. The number of carbonyl (C=O) groups excluding carboxylic acids is 2. The summed E-state index contributed by atoms with van der Waals surface area (Å²) in [6.07, 6.45) is 0. The molecular weight excluding hydrogens is 320 g/mol. The first-order valence-corrected chi connectivity index (χ1v) is 6.83. The Labute approximate surface area is 124 Å². The minimum Gasteiger partial charge on any atom is -0.398 e. The molecule has 0 bridgehead atoms. The predicted octanol–water partition coefficient (Wildman–Crippen LogP) is 3.14.